The number of piperidine rings is 1. The Morgan fingerprint density at radius 3 is 2.88 bits per heavy atom. The van der Waals surface area contributed by atoms with Crippen LogP contribution in [0.25, 0.3) is 5.65 Å². The Morgan fingerprint density at radius 2 is 2.08 bits per heavy atom. The summed E-state index contributed by atoms with van der Waals surface area (Å²) in [5.41, 5.74) is 2.85. The number of nitrogens with one attached hydrogen (secondary N) is 1. The summed E-state index contributed by atoms with van der Waals surface area (Å²) in [6.07, 6.45) is 4.21. The molecule has 1 aromatic carbocycles. The number of amides is 1. The Labute approximate surface area is 152 Å². The Balaban J connectivity index is 1.37. The minimum Gasteiger partial charge on any atom is -0.355 e. The van der Waals surface area contributed by atoms with E-state index in [9.17, 15) is 4.79 Å². The average Bonchev–Trinajstić information content (AvgIpc) is 3.16. The van der Waals surface area contributed by atoms with Crippen LogP contribution < -0.4 is 10.2 Å². The number of carbonyl (C=O) groups is 1. The van der Waals surface area contributed by atoms with E-state index in [-0.39, 0.29) is 11.8 Å². The number of rotatable bonds is 4. The summed E-state index contributed by atoms with van der Waals surface area (Å²) in [5, 5.41) is 15.4. The molecular formula is C19H22N6O. The van der Waals surface area contributed by atoms with Gasteiger partial charge in [0.1, 0.15) is 12.1 Å². The second-order valence-electron chi connectivity index (χ2n) is 6.63. The highest BCUT2D eigenvalue weighted by atomic mass is 16.1. The van der Waals surface area contributed by atoms with Crippen LogP contribution >= 0.6 is 0 Å². The van der Waals surface area contributed by atoms with Gasteiger partial charge in [0.2, 0.25) is 5.91 Å². The van der Waals surface area contributed by atoms with Gasteiger partial charge in [0, 0.05) is 24.7 Å². The van der Waals surface area contributed by atoms with Crippen molar-refractivity contribution in [3.8, 4) is 0 Å². The van der Waals surface area contributed by atoms with Gasteiger partial charge in [-0.25, -0.2) is 0 Å². The monoisotopic (exact) mass is 350 g/mol. The van der Waals surface area contributed by atoms with E-state index in [1.165, 1.54) is 5.56 Å². The molecule has 0 radical (unpaired) electrons. The number of anilines is 2. The van der Waals surface area contributed by atoms with Crippen LogP contribution in [0.2, 0.25) is 0 Å². The lowest BCUT2D eigenvalue weighted by molar-refractivity contribution is -0.120. The predicted octanol–water partition coefficient (Wildman–Crippen LogP) is 2.54. The molecule has 0 saturated carbocycles. The smallest absolute Gasteiger partial charge is 0.227 e. The maximum Gasteiger partial charge on any atom is 0.227 e. The molecule has 2 aromatic heterocycles. The molecule has 134 valence electrons. The quantitative estimate of drug-likeness (QED) is 0.783. The zero-order valence-corrected chi connectivity index (χ0v) is 14.8. The third kappa shape index (κ3) is 3.37. The fourth-order valence-electron chi connectivity index (χ4n) is 3.37. The number of hydrogen-bond acceptors (Lipinski definition) is 5. The molecule has 1 amide bonds. The normalized spacial score (nSPS) is 15.3. The van der Waals surface area contributed by atoms with Gasteiger partial charge in [-0.05, 0) is 49.1 Å². The molecule has 1 aliphatic heterocycles. The molecule has 0 spiro atoms. The van der Waals surface area contributed by atoms with Gasteiger partial charge in [-0.2, -0.15) is 4.52 Å². The van der Waals surface area contributed by atoms with E-state index < -0.39 is 0 Å². The van der Waals surface area contributed by atoms with Crippen molar-refractivity contribution in [1.29, 1.82) is 0 Å². The van der Waals surface area contributed by atoms with Gasteiger partial charge < -0.3 is 10.2 Å². The molecule has 1 saturated heterocycles. The van der Waals surface area contributed by atoms with Gasteiger partial charge in [-0.3, -0.25) is 4.79 Å². The number of fused-ring (bicyclic) bond motifs is 1. The highest BCUT2D eigenvalue weighted by Crippen LogP contribution is 2.23. The molecule has 26 heavy (non-hydrogen) atoms. The van der Waals surface area contributed by atoms with Gasteiger partial charge in [-0.1, -0.05) is 19.1 Å². The van der Waals surface area contributed by atoms with Crippen LogP contribution in [0.3, 0.4) is 0 Å². The molecule has 0 bridgehead atoms. The molecule has 1 N–H and O–H groups in total. The largest absolute Gasteiger partial charge is 0.355 e. The van der Waals surface area contributed by atoms with Crippen molar-refractivity contribution in [2.75, 3.05) is 23.3 Å². The van der Waals surface area contributed by atoms with E-state index in [2.05, 4.69) is 38.5 Å². The lowest BCUT2D eigenvalue weighted by atomic mass is 9.95. The summed E-state index contributed by atoms with van der Waals surface area (Å²) >= 11 is 0. The Kier molecular flexibility index (Phi) is 4.51. The molecule has 1 aliphatic rings. The lowest BCUT2D eigenvalue weighted by Gasteiger charge is -2.32. The second kappa shape index (κ2) is 7.11. The standard InChI is InChI=1S/C19H22N6O/c1-2-14-4-3-5-16(12-14)21-19(26)15-8-10-24(11-9-15)18-7-6-17-22-20-13-25(17)23-18/h3-7,12-13,15H,2,8-11H2,1H3,(H,21,26). The molecule has 1 fully saturated rings. The lowest BCUT2D eigenvalue weighted by Crippen LogP contribution is -2.38. The van der Waals surface area contributed by atoms with E-state index in [0.29, 0.717) is 0 Å². The first kappa shape index (κ1) is 16.5. The first-order valence-electron chi connectivity index (χ1n) is 9.05. The van der Waals surface area contributed by atoms with Crippen molar-refractivity contribution in [2.45, 2.75) is 26.2 Å². The summed E-state index contributed by atoms with van der Waals surface area (Å²) in [4.78, 5) is 14.8. The zero-order chi connectivity index (χ0) is 17.9. The van der Waals surface area contributed by atoms with E-state index in [1.54, 1.807) is 10.8 Å². The molecule has 4 rings (SSSR count). The molecule has 0 aliphatic carbocycles. The van der Waals surface area contributed by atoms with Crippen molar-refractivity contribution < 1.29 is 4.79 Å². The molecule has 0 unspecified atom stereocenters. The van der Waals surface area contributed by atoms with Crippen molar-refractivity contribution in [2.24, 2.45) is 5.92 Å². The minimum atomic E-state index is 0.0372. The summed E-state index contributed by atoms with van der Waals surface area (Å²) in [5.74, 6) is 1.04. The van der Waals surface area contributed by atoms with Crippen molar-refractivity contribution in [1.82, 2.24) is 19.8 Å². The van der Waals surface area contributed by atoms with Gasteiger partial charge in [0.25, 0.3) is 0 Å². The third-order valence-electron chi connectivity index (χ3n) is 4.94. The van der Waals surface area contributed by atoms with Crippen molar-refractivity contribution in [3.05, 3.63) is 48.3 Å². The molecular weight excluding hydrogens is 328 g/mol. The molecule has 3 heterocycles. The molecule has 0 atom stereocenters. The van der Waals surface area contributed by atoms with E-state index in [4.69, 9.17) is 0 Å². The van der Waals surface area contributed by atoms with Gasteiger partial charge in [-0.15, -0.1) is 15.3 Å². The van der Waals surface area contributed by atoms with Gasteiger partial charge in [0.05, 0.1) is 0 Å². The van der Waals surface area contributed by atoms with Crippen molar-refractivity contribution in [3.63, 3.8) is 0 Å². The van der Waals surface area contributed by atoms with Crippen LogP contribution in [0.15, 0.2) is 42.7 Å². The summed E-state index contributed by atoms with van der Waals surface area (Å²) in [6.45, 7) is 3.74. The van der Waals surface area contributed by atoms with Crippen LogP contribution in [-0.4, -0.2) is 38.8 Å². The highest BCUT2D eigenvalue weighted by Gasteiger charge is 2.26. The fraction of sp³-hybridized carbons (Fsp3) is 0.368. The molecule has 7 heteroatoms. The number of aryl methyl sites for hydroxylation is 1. The maximum absolute atomic E-state index is 12.6. The number of nitrogens with zero attached hydrogens (tertiary/aromatic N) is 5. The summed E-state index contributed by atoms with van der Waals surface area (Å²) in [6, 6.07) is 11.9. The zero-order valence-electron chi connectivity index (χ0n) is 14.8. The Morgan fingerprint density at radius 1 is 1.23 bits per heavy atom. The average molecular weight is 350 g/mol. The molecule has 3 aromatic rings. The fourth-order valence-corrected chi connectivity index (χ4v) is 3.37. The van der Waals surface area contributed by atoms with E-state index >= 15 is 0 Å². The van der Waals surface area contributed by atoms with Gasteiger partial charge in [0.15, 0.2) is 5.65 Å². The number of aromatic nitrogens is 4. The third-order valence-corrected chi connectivity index (χ3v) is 4.94. The topological polar surface area (TPSA) is 75.4 Å². The number of benzene rings is 1. The minimum absolute atomic E-state index is 0.0372. The van der Waals surface area contributed by atoms with Crippen LogP contribution in [-0.2, 0) is 11.2 Å². The van der Waals surface area contributed by atoms with Crippen LogP contribution in [0, 0.1) is 5.92 Å². The van der Waals surface area contributed by atoms with E-state index in [0.717, 1.165) is 49.5 Å². The van der Waals surface area contributed by atoms with Gasteiger partial charge >= 0.3 is 0 Å². The Bertz CT molecular complexity index is 913. The van der Waals surface area contributed by atoms with Crippen LogP contribution in [0.1, 0.15) is 25.3 Å². The van der Waals surface area contributed by atoms with E-state index in [1.807, 2.05) is 30.3 Å². The Hall–Kier alpha value is -2.96. The first-order valence-corrected chi connectivity index (χ1v) is 9.05. The SMILES string of the molecule is CCc1cccc(NC(=O)C2CCN(c3ccc4nncn4n3)CC2)c1. The summed E-state index contributed by atoms with van der Waals surface area (Å²) < 4.78 is 1.68. The maximum atomic E-state index is 12.6. The first-order chi connectivity index (χ1) is 12.7. The second-order valence-corrected chi connectivity index (χ2v) is 6.63. The molecule has 7 nitrogen and oxygen atoms in total. The van der Waals surface area contributed by atoms with Crippen molar-refractivity contribution >= 4 is 23.1 Å². The van der Waals surface area contributed by atoms with Crippen LogP contribution in [0.5, 0.6) is 0 Å². The predicted molar refractivity (Wildman–Crippen MR) is 100 cm³/mol. The highest BCUT2D eigenvalue weighted by molar-refractivity contribution is 5.92. The number of carbonyl (C=O) groups excluding carboxylic acids is 1. The number of hydrogen-bond donors (Lipinski definition) is 1. The summed E-state index contributed by atoms with van der Waals surface area (Å²) in [7, 11) is 0. The van der Waals surface area contributed by atoms with Crippen LogP contribution in [0.4, 0.5) is 11.5 Å².